The summed E-state index contributed by atoms with van der Waals surface area (Å²) in [6.45, 7) is 2.50. The van der Waals surface area contributed by atoms with Gasteiger partial charge in [0.05, 0.1) is 12.1 Å². The van der Waals surface area contributed by atoms with Gasteiger partial charge >= 0.3 is 6.09 Å². The van der Waals surface area contributed by atoms with Crippen LogP contribution in [0.2, 0.25) is 0 Å². The van der Waals surface area contributed by atoms with Crippen LogP contribution in [0.4, 0.5) is 4.79 Å². The molecule has 1 aromatic carbocycles. The highest BCUT2D eigenvalue weighted by atomic mass is 16.6. The molecule has 0 radical (unpaired) electrons. The second-order valence-corrected chi connectivity index (χ2v) is 3.71. The van der Waals surface area contributed by atoms with Gasteiger partial charge in [-0.1, -0.05) is 30.3 Å². The Morgan fingerprint density at radius 2 is 2.07 bits per heavy atom. The van der Waals surface area contributed by atoms with Crippen LogP contribution < -0.4 is 5.32 Å². The number of carbonyl (C=O) groups is 1. The molecular weight excluding hydrogens is 178 g/mol. The molecule has 1 saturated heterocycles. The normalized spacial score (nSPS) is 26.5. The van der Waals surface area contributed by atoms with Crippen LogP contribution in [0.5, 0.6) is 0 Å². The summed E-state index contributed by atoms with van der Waals surface area (Å²) in [5.41, 5.74) is 0.841. The van der Waals surface area contributed by atoms with Crippen molar-refractivity contribution in [1.29, 1.82) is 0 Å². The van der Waals surface area contributed by atoms with Gasteiger partial charge in [-0.3, -0.25) is 0 Å². The minimum atomic E-state index is -0.331. The summed E-state index contributed by atoms with van der Waals surface area (Å²) >= 11 is 0. The van der Waals surface area contributed by atoms with E-state index in [1.54, 1.807) is 0 Å². The lowest BCUT2D eigenvalue weighted by Gasteiger charge is -2.34. The summed E-state index contributed by atoms with van der Waals surface area (Å²) in [7, 11) is 0. The minimum Gasteiger partial charge on any atom is -0.449 e. The predicted molar refractivity (Wildman–Crippen MR) is 52.9 cm³/mol. The van der Waals surface area contributed by atoms with E-state index in [0.717, 1.165) is 12.0 Å². The second kappa shape index (κ2) is 3.33. The Morgan fingerprint density at radius 3 is 2.71 bits per heavy atom. The Labute approximate surface area is 83.1 Å². The molecule has 2 rings (SSSR count). The van der Waals surface area contributed by atoms with Crippen LogP contribution in [0, 0.1) is 0 Å². The maximum Gasteiger partial charge on any atom is 0.407 e. The van der Waals surface area contributed by atoms with Crippen LogP contribution in [-0.2, 0) is 10.3 Å². The first-order valence-corrected chi connectivity index (χ1v) is 4.71. The van der Waals surface area contributed by atoms with Gasteiger partial charge in [-0.15, -0.1) is 0 Å². The molecule has 0 bridgehead atoms. The third-order valence-electron chi connectivity index (χ3n) is 2.62. The molecule has 0 aromatic heterocycles. The van der Waals surface area contributed by atoms with Crippen LogP contribution in [0.15, 0.2) is 30.3 Å². The van der Waals surface area contributed by atoms with Crippen LogP contribution in [0.1, 0.15) is 18.9 Å². The first-order chi connectivity index (χ1) is 6.71. The van der Waals surface area contributed by atoms with E-state index in [1.807, 2.05) is 37.3 Å². The molecule has 1 aliphatic heterocycles. The number of alkyl carbamates (subject to hydrolysis) is 1. The molecule has 1 unspecified atom stereocenters. The number of amides is 1. The van der Waals surface area contributed by atoms with Gasteiger partial charge in [0.2, 0.25) is 0 Å². The van der Waals surface area contributed by atoms with Crippen molar-refractivity contribution < 1.29 is 9.53 Å². The summed E-state index contributed by atoms with van der Waals surface area (Å²) in [5, 5.41) is 2.85. The van der Waals surface area contributed by atoms with Gasteiger partial charge in [0, 0.05) is 6.42 Å². The van der Waals surface area contributed by atoms with Gasteiger partial charge in [0.1, 0.15) is 0 Å². The molecule has 74 valence electrons. The monoisotopic (exact) mass is 191 g/mol. The molecule has 1 aromatic rings. The van der Waals surface area contributed by atoms with Crippen LogP contribution in [0.3, 0.4) is 0 Å². The van der Waals surface area contributed by atoms with Gasteiger partial charge in [0.25, 0.3) is 0 Å². The van der Waals surface area contributed by atoms with Crippen LogP contribution in [-0.4, -0.2) is 12.7 Å². The molecule has 1 N–H and O–H groups in total. The van der Waals surface area contributed by atoms with Crippen molar-refractivity contribution in [3.05, 3.63) is 35.9 Å². The Hall–Kier alpha value is -1.51. The lowest BCUT2D eigenvalue weighted by Crippen LogP contribution is -2.48. The SMILES string of the molecule is CC1(c2ccccc2)CCOC(=O)N1. The number of rotatable bonds is 1. The molecule has 1 aliphatic rings. The third-order valence-corrected chi connectivity index (χ3v) is 2.62. The number of hydrogen-bond donors (Lipinski definition) is 1. The van der Waals surface area contributed by atoms with E-state index in [0.29, 0.717) is 6.61 Å². The van der Waals surface area contributed by atoms with Gasteiger partial charge in [-0.25, -0.2) is 4.79 Å². The average Bonchev–Trinajstić information content (AvgIpc) is 2.19. The Morgan fingerprint density at radius 1 is 1.36 bits per heavy atom. The van der Waals surface area contributed by atoms with E-state index < -0.39 is 0 Å². The first kappa shape index (κ1) is 9.06. The quantitative estimate of drug-likeness (QED) is 0.737. The summed E-state index contributed by atoms with van der Waals surface area (Å²) in [4.78, 5) is 11.1. The maximum atomic E-state index is 11.1. The molecule has 14 heavy (non-hydrogen) atoms. The van der Waals surface area contributed by atoms with Gasteiger partial charge < -0.3 is 10.1 Å². The predicted octanol–water partition coefficient (Wildman–Crippen LogP) is 2.03. The Bertz CT molecular complexity index is 336. The zero-order chi connectivity index (χ0) is 10.0. The van der Waals surface area contributed by atoms with Crippen molar-refractivity contribution in [2.75, 3.05) is 6.61 Å². The molecular formula is C11H13NO2. The van der Waals surface area contributed by atoms with E-state index in [9.17, 15) is 4.79 Å². The van der Waals surface area contributed by atoms with Crippen molar-refractivity contribution >= 4 is 6.09 Å². The molecule has 1 heterocycles. The average molecular weight is 191 g/mol. The Balaban J connectivity index is 2.27. The maximum absolute atomic E-state index is 11.1. The number of ether oxygens (including phenoxy) is 1. The minimum absolute atomic E-state index is 0.281. The van der Waals surface area contributed by atoms with E-state index in [2.05, 4.69) is 5.32 Å². The van der Waals surface area contributed by atoms with Gasteiger partial charge in [-0.05, 0) is 12.5 Å². The van der Waals surface area contributed by atoms with E-state index in [-0.39, 0.29) is 11.6 Å². The van der Waals surface area contributed by atoms with Gasteiger partial charge in [0.15, 0.2) is 0 Å². The van der Waals surface area contributed by atoms with E-state index in [1.165, 1.54) is 0 Å². The third kappa shape index (κ3) is 1.58. The van der Waals surface area contributed by atoms with Crippen molar-refractivity contribution in [3.8, 4) is 0 Å². The second-order valence-electron chi connectivity index (χ2n) is 3.71. The smallest absolute Gasteiger partial charge is 0.407 e. The summed E-state index contributed by atoms with van der Waals surface area (Å²) in [6, 6.07) is 9.95. The highest BCUT2D eigenvalue weighted by Gasteiger charge is 2.32. The molecule has 0 saturated carbocycles. The van der Waals surface area contributed by atoms with Crippen LogP contribution >= 0.6 is 0 Å². The van der Waals surface area contributed by atoms with Crippen molar-refractivity contribution in [1.82, 2.24) is 5.32 Å². The highest BCUT2D eigenvalue weighted by Crippen LogP contribution is 2.26. The molecule has 0 aliphatic carbocycles. The van der Waals surface area contributed by atoms with Crippen molar-refractivity contribution in [3.63, 3.8) is 0 Å². The molecule has 3 nitrogen and oxygen atoms in total. The summed E-state index contributed by atoms with van der Waals surface area (Å²) in [5.74, 6) is 0. The molecule has 1 fully saturated rings. The zero-order valence-electron chi connectivity index (χ0n) is 8.12. The van der Waals surface area contributed by atoms with Crippen molar-refractivity contribution in [2.24, 2.45) is 0 Å². The number of cyclic esters (lactones) is 1. The fourth-order valence-corrected chi connectivity index (χ4v) is 1.69. The zero-order valence-corrected chi connectivity index (χ0v) is 8.12. The number of benzene rings is 1. The van der Waals surface area contributed by atoms with E-state index in [4.69, 9.17) is 4.74 Å². The molecule has 1 amide bonds. The molecule has 0 spiro atoms. The van der Waals surface area contributed by atoms with Crippen LogP contribution in [0.25, 0.3) is 0 Å². The fourth-order valence-electron chi connectivity index (χ4n) is 1.69. The first-order valence-electron chi connectivity index (χ1n) is 4.71. The summed E-state index contributed by atoms with van der Waals surface area (Å²) in [6.07, 6.45) is 0.477. The fraction of sp³-hybridized carbons (Fsp3) is 0.364. The van der Waals surface area contributed by atoms with E-state index >= 15 is 0 Å². The molecule has 3 heteroatoms. The molecule has 1 atom stereocenters. The highest BCUT2D eigenvalue weighted by molar-refractivity contribution is 5.69. The van der Waals surface area contributed by atoms with Crippen molar-refractivity contribution in [2.45, 2.75) is 18.9 Å². The number of carbonyl (C=O) groups excluding carboxylic acids is 1. The standard InChI is InChI=1S/C11H13NO2/c1-11(7-8-14-10(13)12-11)9-5-3-2-4-6-9/h2-6H,7-8H2,1H3,(H,12,13). The lowest BCUT2D eigenvalue weighted by atomic mass is 9.88. The summed E-state index contributed by atoms with van der Waals surface area (Å²) < 4.78 is 4.84. The topological polar surface area (TPSA) is 38.3 Å². The Kier molecular flexibility index (Phi) is 2.15. The largest absolute Gasteiger partial charge is 0.449 e. The van der Waals surface area contributed by atoms with Gasteiger partial charge in [-0.2, -0.15) is 0 Å². The lowest BCUT2D eigenvalue weighted by molar-refractivity contribution is 0.0916. The number of hydrogen-bond acceptors (Lipinski definition) is 2. The number of nitrogens with one attached hydrogen (secondary N) is 1.